The van der Waals surface area contributed by atoms with E-state index in [0.717, 1.165) is 25.2 Å². The first-order valence-electron chi connectivity index (χ1n) is 9.65. The highest BCUT2D eigenvalue weighted by Crippen LogP contribution is 2.75. The van der Waals surface area contributed by atoms with Gasteiger partial charge in [-0.25, -0.2) is 18.6 Å². The number of hydrogen-bond acceptors (Lipinski definition) is 4. The molecule has 2 aromatic heterocycles. The number of thiazole rings is 1. The number of urea groups is 1. The van der Waals surface area contributed by atoms with Crippen molar-refractivity contribution in [2.24, 2.45) is 11.1 Å². The van der Waals surface area contributed by atoms with Gasteiger partial charge in [0.1, 0.15) is 10.4 Å². The fourth-order valence-electron chi connectivity index (χ4n) is 4.30. The zero-order valence-corrected chi connectivity index (χ0v) is 17.9. The summed E-state index contributed by atoms with van der Waals surface area (Å²) in [6, 6.07) is 2.15. The maximum atomic E-state index is 14.8. The molecule has 1 saturated heterocycles. The van der Waals surface area contributed by atoms with E-state index in [1.807, 2.05) is 0 Å². The Hall–Kier alpha value is -2.30. The van der Waals surface area contributed by atoms with E-state index in [-0.39, 0.29) is 30.2 Å². The van der Waals surface area contributed by atoms with E-state index < -0.39 is 34.9 Å². The molecular formula is C20H21F5N4OS. The first-order valence-corrected chi connectivity index (χ1v) is 10.5. The lowest BCUT2D eigenvalue weighted by Crippen LogP contribution is -2.37. The number of likely N-dealkylation sites (tertiary alicyclic amines) is 1. The summed E-state index contributed by atoms with van der Waals surface area (Å²) in [6.45, 7) is 3.76. The normalized spacial score (nSPS) is 25.3. The van der Waals surface area contributed by atoms with Crippen molar-refractivity contribution in [2.45, 2.75) is 50.6 Å². The summed E-state index contributed by atoms with van der Waals surface area (Å²) in [5.41, 5.74) is 2.45. The molecule has 2 amide bonds. The van der Waals surface area contributed by atoms with Gasteiger partial charge in [-0.05, 0) is 44.9 Å². The van der Waals surface area contributed by atoms with E-state index in [0.29, 0.717) is 16.1 Å². The van der Waals surface area contributed by atoms with E-state index in [4.69, 9.17) is 5.73 Å². The van der Waals surface area contributed by atoms with E-state index in [1.165, 1.54) is 17.2 Å². The SMILES string of the molecule is Cc1nc(C2C(F)(F)C23CCN(C(N)=O)C3)sc1-c1ccnc(C(C)(C)C(F)(F)F)c1. The Labute approximate surface area is 179 Å². The molecule has 31 heavy (non-hydrogen) atoms. The lowest BCUT2D eigenvalue weighted by Gasteiger charge is -2.27. The van der Waals surface area contributed by atoms with Crippen molar-refractivity contribution in [1.29, 1.82) is 0 Å². The zero-order chi connectivity index (χ0) is 23.0. The summed E-state index contributed by atoms with van der Waals surface area (Å²) in [6.07, 6.45) is -3.09. The van der Waals surface area contributed by atoms with Gasteiger partial charge < -0.3 is 10.6 Å². The van der Waals surface area contributed by atoms with Crippen LogP contribution in [0.2, 0.25) is 0 Å². The minimum Gasteiger partial charge on any atom is -0.351 e. The van der Waals surface area contributed by atoms with Gasteiger partial charge >= 0.3 is 12.2 Å². The number of amides is 2. The van der Waals surface area contributed by atoms with Crippen molar-refractivity contribution in [2.75, 3.05) is 13.1 Å². The molecule has 2 atom stereocenters. The summed E-state index contributed by atoms with van der Waals surface area (Å²) in [5, 5.41) is 0.220. The van der Waals surface area contributed by atoms with Crippen LogP contribution in [0.5, 0.6) is 0 Å². The highest BCUT2D eigenvalue weighted by molar-refractivity contribution is 7.15. The van der Waals surface area contributed by atoms with Crippen molar-refractivity contribution in [1.82, 2.24) is 14.9 Å². The Morgan fingerprint density at radius 1 is 1.32 bits per heavy atom. The Morgan fingerprint density at radius 3 is 2.58 bits per heavy atom. The molecule has 4 rings (SSSR count). The second-order valence-electron chi connectivity index (χ2n) is 8.74. The highest BCUT2D eigenvalue weighted by atomic mass is 32.1. The lowest BCUT2D eigenvalue weighted by molar-refractivity contribution is -0.181. The number of nitrogens with zero attached hydrogens (tertiary/aromatic N) is 3. The first-order chi connectivity index (χ1) is 14.2. The van der Waals surface area contributed by atoms with E-state index in [9.17, 15) is 26.7 Å². The predicted octanol–water partition coefficient (Wildman–Crippen LogP) is 4.86. The third-order valence-electron chi connectivity index (χ3n) is 6.54. The summed E-state index contributed by atoms with van der Waals surface area (Å²) in [5.74, 6) is -4.17. The van der Waals surface area contributed by atoms with E-state index >= 15 is 0 Å². The van der Waals surface area contributed by atoms with Crippen LogP contribution in [0.4, 0.5) is 26.7 Å². The molecule has 0 aromatic carbocycles. The lowest BCUT2D eigenvalue weighted by atomic mass is 9.87. The number of alkyl halides is 5. The van der Waals surface area contributed by atoms with Crippen LogP contribution in [-0.4, -0.2) is 46.1 Å². The zero-order valence-electron chi connectivity index (χ0n) is 17.1. The summed E-state index contributed by atoms with van der Waals surface area (Å²) >= 11 is 1.05. The fourth-order valence-corrected chi connectivity index (χ4v) is 5.62. The predicted molar refractivity (Wildman–Crippen MR) is 105 cm³/mol. The number of rotatable bonds is 3. The molecule has 2 aromatic rings. The second-order valence-corrected chi connectivity index (χ2v) is 9.77. The molecule has 1 aliphatic heterocycles. The smallest absolute Gasteiger partial charge is 0.351 e. The standard InChI is InChI=1S/C20H21F5N4OS/c1-10-13(11-4-6-27-12(8-11)17(2,3)20(23,24)25)31-15(28-10)14-18(19(14,21)22)5-7-29(9-18)16(26)30/h4,6,8,14H,5,7,9H2,1-3H3,(H2,26,30). The average Bonchev–Trinajstić information content (AvgIpc) is 3.05. The third-order valence-corrected chi connectivity index (χ3v) is 7.81. The summed E-state index contributed by atoms with van der Waals surface area (Å²) in [4.78, 5) is 21.4. The molecular weight excluding hydrogens is 439 g/mol. The van der Waals surface area contributed by atoms with Gasteiger partial charge in [0.25, 0.3) is 5.92 Å². The van der Waals surface area contributed by atoms with Crippen molar-refractivity contribution >= 4 is 17.4 Å². The van der Waals surface area contributed by atoms with Gasteiger partial charge in [-0.2, -0.15) is 13.2 Å². The van der Waals surface area contributed by atoms with Gasteiger partial charge in [-0.1, -0.05) is 0 Å². The van der Waals surface area contributed by atoms with Crippen LogP contribution >= 0.6 is 11.3 Å². The van der Waals surface area contributed by atoms with Crippen LogP contribution < -0.4 is 5.73 Å². The quantitative estimate of drug-likeness (QED) is 0.666. The molecule has 168 valence electrons. The minimum absolute atomic E-state index is 0.126. The second kappa shape index (κ2) is 6.60. The highest BCUT2D eigenvalue weighted by Gasteiger charge is 2.83. The van der Waals surface area contributed by atoms with Crippen molar-refractivity contribution in [3.8, 4) is 10.4 Å². The topological polar surface area (TPSA) is 72.1 Å². The molecule has 0 radical (unpaired) electrons. The molecule has 3 heterocycles. The van der Waals surface area contributed by atoms with Crippen LogP contribution in [0.15, 0.2) is 18.3 Å². The number of nitrogens with two attached hydrogens (primary N) is 1. The van der Waals surface area contributed by atoms with Crippen LogP contribution in [0, 0.1) is 12.3 Å². The maximum Gasteiger partial charge on any atom is 0.399 e. The minimum atomic E-state index is -4.50. The molecule has 2 fully saturated rings. The number of carbonyl (C=O) groups excluding carboxylic acids is 1. The number of halogens is 5. The largest absolute Gasteiger partial charge is 0.399 e. The molecule has 1 aliphatic carbocycles. The van der Waals surface area contributed by atoms with Gasteiger partial charge in [0.15, 0.2) is 0 Å². The molecule has 0 bridgehead atoms. The number of hydrogen-bond donors (Lipinski definition) is 1. The number of aryl methyl sites for hydroxylation is 1. The molecule has 2 N–H and O–H groups in total. The molecule has 11 heteroatoms. The third kappa shape index (κ3) is 3.11. The molecule has 1 spiro atoms. The Balaban J connectivity index is 1.67. The van der Waals surface area contributed by atoms with Crippen molar-refractivity contribution in [3.63, 3.8) is 0 Å². The first kappa shape index (κ1) is 21.9. The van der Waals surface area contributed by atoms with Crippen molar-refractivity contribution < 1.29 is 26.7 Å². The van der Waals surface area contributed by atoms with Gasteiger partial charge in [-0.15, -0.1) is 11.3 Å². The van der Waals surface area contributed by atoms with Gasteiger partial charge in [0, 0.05) is 19.3 Å². The fraction of sp³-hybridized carbons (Fsp3) is 0.550. The van der Waals surface area contributed by atoms with Crippen LogP contribution in [0.25, 0.3) is 10.4 Å². The Kier molecular flexibility index (Phi) is 4.67. The van der Waals surface area contributed by atoms with Crippen molar-refractivity contribution in [3.05, 3.63) is 34.7 Å². The summed E-state index contributed by atoms with van der Waals surface area (Å²) in [7, 11) is 0. The molecule has 2 unspecified atom stereocenters. The van der Waals surface area contributed by atoms with E-state index in [1.54, 1.807) is 13.0 Å². The number of pyridine rings is 1. The van der Waals surface area contributed by atoms with Gasteiger partial charge in [-0.3, -0.25) is 4.98 Å². The Morgan fingerprint density at radius 2 is 2.00 bits per heavy atom. The van der Waals surface area contributed by atoms with E-state index in [2.05, 4.69) is 9.97 Å². The maximum absolute atomic E-state index is 14.8. The Bertz CT molecular complexity index is 1050. The molecule has 5 nitrogen and oxygen atoms in total. The number of primary amides is 1. The molecule has 1 saturated carbocycles. The van der Waals surface area contributed by atoms with Gasteiger partial charge in [0.2, 0.25) is 0 Å². The summed E-state index contributed by atoms with van der Waals surface area (Å²) < 4.78 is 69.9. The van der Waals surface area contributed by atoms with Crippen LogP contribution in [0.1, 0.15) is 42.6 Å². The van der Waals surface area contributed by atoms with Crippen LogP contribution in [-0.2, 0) is 5.41 Å². The average molecular weight is 460 g/mol. The number of carbonyl (C=O) groups is 1. The van der Waals surface area contributed by atoms with Gasteiger partial charge in [0.05, 0.1) is 27.6 Å². The molecule has 2 aliphatic rings. The van der Waals surface area contributed by atoms with Crippen LogP contribution in [0.3, 0.4) is 0 Å². The number of aromatic nitrogens is 2. The monoisotopic (exact) mass is 460 g/mol.